The molecule has 198 valence electrons. The summed E-state index contributed by atoms with van der Waals surface area (Å²) < 4.78 is 0. The van der Waals surface area contributed by atoms with Crippen LogP contribution in [0.5, 0.6) is 0 Å². The van der Waals surface area contributed by atoms with Crippen molar-refractivity contribution >= 4 is 0 Å². The zero-order valence-electron chi connectivity index (χ0n) is 22.2. The van der Waals surface area contributed by atoms with Crippen molar-refractivity contribution in [1.29, 1.82) is 0 Å². The van der Waals surface area contributed by atoms with Crippen LogP contribution in [0.25, 0.3) is 0 Å². The molecule has 16 atom stereocenters. The first kappa shape index (κ1) is 26.8. The van der Waals surface area contributed by atoms with Crippen molar-refractivity contribution in [3.8, 4) is 0 Å². The molecule has 0 heterocycles. The van der Waals surface area contributed by atoms with Gasteiger partial charge in [0.2, 0.25) is 0 Å². The molecular formula is C28H50O6. The van der Waals surface area contributed by atoms with Crippen molar-refractivity contribution < 1.29 is 30.6 Å². The molecule has 0 radical (unpaired) electrons. The monoisotopic (exact) mass is 482 g/mol. The van der Waals surface area contributed by atoms with Crippen LogP contribution < -0.4 is 0 Å². The molecular weight excluding hydrogens is 432 g/mol. The van der Waals surface area contributed by atoms with E-state index in [-0.39, 0.29) is 29.6 Å². The van der Waals surface area contributed by atoms with Crippen molar-refractivity contribution in [3.05, 3.63) is 0 Å². The minimum Gasteiger partial charge on any atom is -0.393 e. The van der Waals surface area contributed by atoms with Crippen LogP contribution in [0.1, 0.15) is 80.6 Å². The van der Waals surface area contributed by atoms with Gasteiger partial charge in [0.1, 0.15) is 5.60 Å². The van der Waals surface area contributed by atoms with Gasteiger partial charge in [0, 0.05) is 23.2 Å². The molecule has 6 nitrogen and oxygen atoms in total. The third-order valence-corrected chi connectivity index (χ3v) is 12.3. The van der Waals surface area contributed by atoms with E-state index >= 15 is 0 Å². The van der Waals surface area contributed by atoms with Gasteiger partial charge in [-0.3, -0.25) is 0 Å². The lowest BCUT2D eigenvalue weighted by Gasteiger charge is -2.74. The number of fused-ring (bicyclic) bond motifs is 3. The van der Waals surface area contributed by atoms with Gasteiger partial charge >= 0.3 is 0 Å². The first-order chi connectivity index (χ1) is 15.7. The second-order valence-corrected chi connectivity index (χ2v) is 13.4. The van der Waals surface area contributed by atoms with Crippen LogP contribution in [0.3, 0.4) is 0 Å². The van der Waals surface area contributed by atoms with Crippen LogP contribution >= 0.6 is 0 Å². The van der Waals surface area contributed by atoms with Gasteiger partial charge in [-0.15, -0.1) is 0 Å². The average molecular weight is 483 g/mol. The Morgan fingerprint density at radius 3 is 2.12 bits per heavy atom. The fourth-order valence-electron chi connectivity index (χ4n) is 10.4. The maximum Gasteiger partial charge on any atom is 0.123 e. The Labute approximate surface area is 205 Å². The van der Waals surface area contributed by atoms with Gasteiger partial charge in [-0.1, -0.05) is 54.4 Å². The summed E-state index contributed by atoms with van der Waals surface area (Å²) in [6, 6.07) is 0. The Kier molecular flexibility index (Phi) is 6.83. The Balaban J connectivity index is 1.86. The Bertz CT molecular complexity index is 759. The second kappa shape index (κ2) is 8.66. The highest BCUT2D eigenvalue weighted by molar-refractivity contribution is 5.25. The lowest BCUT2D eigenvalue weighted by Crippen LogP contribution is -2.81. The lowest BCUT2D eigenvalue weighted by molar-refractivity contribution is -0.360. The van der Waals surface area contributed by atoms with Crippen LogP contribution in [0.4, 0.5) is 0 Å². The molecule has 4 aliphatic rings. The summed E-state index contributed by atoms with van der Waals surface area (Å²) in [5.41, 5.74) is -3.14. The molecule has 6 N–H and O–H groups in total. The normalized spacial score (nSPS) is 60.6. The molecule has 6 heteroatoms. The second-order valence-electron chi connectivity index (χ2n) is 13.4. The zero-order chi connectivity index (χ0) is 25.5. The van der Waals surface area contributed by atoms with E-state index in [0.29, 0.717) is 18.8 Å². The molecule has 0 spiro atoms. The highest BCUT2D eigenvalue weighted by atomic mass is 16.4. The maximum atomic E-state index is 12.3. The van der Waals surface area contributed by atoms with Gasteiger partial charge in [-0.25, -0.2) is 0 Å². The first-order valence-corrected chi connectivity index (χ1v) is 13.8. The first-order valence-electron chi connectivity index (χ1n) is 13.8. The summed E-state index contributed by atoms with van der Waals surface area (Å²) in [5.74, 6) is -1.01. The summed E-state index contributed by atoms with van der Waals surface area (Å²) in [7, 11) is 0. The van der Waals surface area contributed by atoms with Crippen LogP contribution in [-0.2, 0) is 0 Å². The molecule has 0 aliphatic heterocycles. The van der Waals surface area contributed by atoms with Crippen molar-refractivity contribution in [1.82, 2.24) is 0 Å². The molecule has 0 aromatic carbocycles. The van der Waals surface area contributed by atoms with Gasteiger partial charge in [0.05, 0.1) is 30.5 Å². The summed E-state index contributed by atoms with van der Waals surface area (Å²) in [6.07, 6.45) is -0.793. The standard InChI is InChI=1S/C28H50O6/c1-8-9-17-10-11-18(30)21-20(17)14(3)27(7)16(5)26(6)12-13(2)19(15(4)29)24(32)28(26,34)25(33)22(27)23(21)31/h13-25,29-34H,8-12H2,1-7H3. The third-order valence-electron chi connectivity index (χ3n) is 12.3. The smallest absolute Gasteiger partial charge is 0.123 e. The van der Waals surface area contributed by atoms with Gasteiger partial charge in [-0.2, -0.15) is 0 Å². The van der Waals surface area contributed by atoms with Gasteiger partial charge in [0.15, 0.2) is 0 Å². The number of rotatable bonds is 3. The van der Waals surface area contributed by atoms with Crippen molar-refractivity contribution in [3.63, 3.8) is 0 Å². The number of aliphatic hydroxyl groups excluding tert-OH is 5. The maximum absolute atomic E-state index is 12.3. The fraction of sp³-hybridized carbons (Fsp3) is 1.00. The van der Waals surface area contributed by atoms with E-state index in [9.17, 15) is 30.6 Å². The average Bonchev–Trinajstić information content (AvgIpc) is 2.75. The van der Waals surface area contributed by atoms with E-state index in [4.69, 9.17) is 0 Å². The van der Waals surface area contributed by atoms with Gasteiger partial charge < -0.3 is 30.6 Å². The van der Waals surface area contributed by atoms with E-state index in [2.05, 4.69) is 27.7 Å². The molecule has 34 heavy (non-hydrogen) atoms. The predicted octanol–water partition coefficient (Wildman–Crippen LogP) is 2.57. The molecule has 0 aromatic rings. The van der Waals surface area contributed by atoms with Crippen LogP contribution in [0.15, 0.2) is 0 Å². The van der Waals surface area contributed by atoms with Crippen molar-refractivity contribution in [2.75, 3.05) is 0 Å². The van der Waals surface area contributed by atoms with Crippen LogP contribution in [-0.4, -0.2) is 66.8 Å². The molecule has 4 fully saturated rings. The fourth-order valence-corrected chi connectivity index (χ4v) is 10.4. The summed E-state index contributed by atoms with van der Waals surface area (Å²) in [4.78, 5) is 0. The van der Waals surface area contributed by atoms with E-state index < -0.39 is 58.8 Å². The largest absolute Gasteiger partial charge is 0.393 e. The highest BCUT2D eigenvalue weighted by Gasteiger charge is 2.76. The van der Waals surface area contributed by atoms with Crippen molar-refractivity contribution in [2.45, 2.75) is 117 Å². The van der Waals surface area contributed by atoms with Gasteiger partial charge in [0.25, 0.3) is 0 Å². The van der Waals surface area contributed by atoms with E-state index in [1.807, 2.05) is 13.8 Å². The quantitative estimate of drug-likeness (QED) is 0.368. The minimum atomic E-state index is -1.86. The SMILES string of the molecule is CCCC1CCC(O)C2C(O)C3C(O)C4(O)C(O)C(C(C)O)C(C)CC4(C)C(C)C3(C)C(C)C12. The predicted molar refractivity (Wildman–Crippen MR) is 131 cm³/mol. The zero-order valence-corrected chi connectivity index (χ0v) is 22.2. The van der Waals surface area contributed by atoms with Crippen LogP contribution in [0.2, 0.25) is 0 Å². The Morgan fingerprint density at radius 1 is 0.941 bits per heavy atom. The Hall–Kier alpha value is -0.240. The van der Waals surface area contributed by atoms with Gasteiger partial charge in [-0.05, 0) is 61.2 Å². The summed E-state index contributed by atoms with van der Waals surface area (Å²) >= 11 is 0. The third kappa shape index (κ3) is 3.14. The molecule has 0 aromatic heterocycles. The molecule has 4 saturated carbocycles. The van der Waals surface area contributed by atoms with Crippen LogP contribution in [0, 0.1) is 58.2 Å². The number of aliphatic hydroxyl groups is 6. The highest BCUT2D eigenvalue weighted by Crippen LogP contribution is 2.71. The van der Waals surface area contributed by atoms with E-state index in [1.165, 1.54) is 0 Å². The van der Waals surface area contributed by atoms with E-state index in [0.717, 1.165) is 19.3 Å². The molecule has 0 bridgehead atoms. The molecule has 16 unspecified atom stereocenters. The number of hydrogen-bond donors (Lipinski definition) is 6. The number of hydrogen-bond acceptors (Lipinski definition) is 6. The lowest BCUT2D eigenvalue weighted by atomic mass is 9.33. The molecule has 0 saturated heterocycles. The summed E-state index contributed by atoms with van der Waals surface area (Å²) in [6.45, 7) is 14.4. The molecule has 4 aliphatic carbocycles. The van der Waals surface area contributed by atoms with Crippen molar-refractivity contribution in [2.24, 2.45) is 58.2 Å². The summed E-state index contributed by atoms with van der Waals surface area (Å²) in [5, 5.41) is 69.2. The molecule has 0 amide bonds. The minimum absolute atomic E-state index is 0.0315. The van der Waals surface area contributed by atoms with E-state index in [1.54, 1.807) is 6.92 Å². The topological polar surface area (TPSA) is 121 Å². The Morgan fingerprint density at radius 2 is 1.56 bits per heavy atom. The molecule has 4 rings (SSSR count).